The molecule has 18 heavy (non-hydrogen) atoms. The number of rotatable bonds is 4. The van der Waals surface area contributed by atoms with Gasteiger partial charge in [0.1, 0.15) is 0 Å². The number of hydrogen-bond donors (Lipinski definition) is 3. The molecule has 0 bridgehead atoms. The normalized spacial score (nSPS) is 11.7. The smallest absolute Gasteiger partial charge is 0.189 e. The summed E-state index contributed by atoms with van der Waals surface area (Å²) in [5, 5.41) is 4.19. The van der Waals surface area contributed by atoms with E-state index in [1.54, 1.807) is 0 Å². The Morgan fingerprint density at radius 1 is 1.44 bits per heavy atom. The summed E-state index contributed by atoms with van der Waals surface area (Å²) >= 11 is 0. The summed E-state index contributed by atoms with van der Waals surface area (Å²) in [6, 6.07) is 10.2. The highest BCUT2D eigenvalue weighted by Crippen LogP contribution is 2.14. The van der Waals surface area contributed by atoms with Crippen molar-refractivity contribution in [3.05, 3.63) is 48.2 Å². The largest absolute Gasteiger partial charge is 0.370 e. The number of nitrogens with zero attached hydrogens (tertiary/aromatic N) is 1. The predicted molar refractivity (Wildman–Crippen MR) is 76.4 cm³/mol. The van der Waals surface area contributed by atoms with Crippen LogP contribution in [-0.2, 0) is 6.54 Å². The van der Waals surface area contributed by atoms with Crippen molar-refractivity contribution in [3.63, 3.8) is 0 Å². The van der Waals surface area contributed by atoms with Gasteiger partial charge in [0.25, 0.3) is 0 Å². The number of benzene rings is 1. The molecule has 0 fully saturated rings. The van der Waals surface area contributed by atoms with Crippen LogP contribution in [0, 0.1) is 0 Å². The number of aromatic amines is 1. The third kappa shape index (κ3) is 3.13. The molecule has 0 atom stereocenters. The lowest BCUT2D eigenvalue weighted by Crippen LogP contribution is -2.32. The van der Waals surface area contributed by atoms with Crippen molar-refractivity contribution >= 4 is 16.9 Å². The third-order valence-corrected chi connectivity index (χ3v) is 2.58. The number of H-pyrrole nitrogens is 1. The first kappa shape index (κ1) is 12.2. The molecule has 0 spiro atoms. The van der Waals surface area contributed by atoms with E-state index in [4.69, 9.17) is 5.73 Å². The van der Waals surface area contributed by atoms with Crippen LogP contribution < -0.4 is 11.1 Å². The van der Waals surface area contributed by atoms with Gasteiger partial charge in [0.15, 0.2) is 5.96 Å². The van der Waals surface area contributed by atoms with E-state index in [2.05, 4.69) is 34.0 Å². The van der Waals surface area contributed by atoms with Crippen molar-refractivity contribution in [2.45, 2.75) is 13.5 Å². The van der Waals surface area contributed by atoms with Gasteiger partial charge < -0.3 is 16.0 Å². The van der Waals surface area contributed by atoms with Gasteiger partial charge in [0.05, 0.1) is 6.54 Å². The maximum Gasteiger partial charge on any atom is 0.189 e. The zero-order chi connectivity index (χ0) is 13.0. The minimum Gasteiger partial charge on any atom is -0.370 e. The summed E-state index contributed by atoms with van der Waals surface area (Å²) in [5.74, 6) is 0.441. The fourth-order valence-corrected chi connectivity index (χ4v) is 1.69. The molecular weight excluding hydrogens is 224 g/mol. The maximum atomic E-state index is 5.75. The second-order valence-corrected chi connectivity index (χ2v) is 4.39. The topological polar surface area (TPSA) is 66.2 Å². The zero-order valence-corrected chi connectivity index (χ0v) is 10.5. The van der Waals surface area contributed by atoms with Crippen LogP contribution in [0.2, 0.25) is 0 Å². The molecule has 0 amide bonds. The van der Waals surface area contributed by atoms with Crippen molar-refractivity contribution < 1.29 is 0 Å². The van der Waals surface area contributed by atoms with Crippen molar-refractivity contribution in [1.82, 2.24) is 10.3 Å². The lowest BCUT2D eigenvalue weighted by atomic mass is 10.2. The van der Waals surface area contributed by atoms with Crippen molar-refractivity contribution in [3.8, 4) is 0 Å². The molecule has 1 aromatic heterocycles. The van der Waals surface area contributed by atoms with Crippen molar-refractivity contribution in [1.29, 1.82) is 0 Å². The van der Waals surface area contributed by atoms with Gasteiger partial charge in [-0.15, -0.1) is 0 Å². The average molecular weight is 242 g/mol. The van der Waals surface area contributed by atoms with Gasteiger partial charge in [0, 0.05) is 17.8 Å². The SMILES string of the molecule is C=C(C)CNC(N)=NCc1cc2ccccc2[nH]1. The Morgan fingerprint density at radius 3 is 2.94 bits per heavy atom. The fraction of sp³-hybridized carbons (Fsp3) is 0.214. The molecule has 2 aromatic rings. The third-order valence-electron chi connectivity index (χ3n) is 2.58. The predicted octanol–water partition coefficient (Wildman–Crippen LogP) is 2.15. The van der Waals surface area contributed by atoms with E-state index in [9.17, 15) is 0 Å². The minimum absolute atomic E-state index is 0.441. The average Bonchev–Trinajstić information content (AvgIpc) is 2.76. The quantitative estimate of drug-likeness (QED) is 0.437. The van der Waals surface area contributed by atoms with E-state index in [1.807, 2.05) is 25.1 Å². The molecule has 0 unspecified atom stereocenters. The number of guanidine groups is 1. The van der Waals surface area contributed by atoms with E-state index in [1.165, 1.54) is 5.39 Å². The molecule has 0 saturated heterocycles. The highest BCUT2D eigenvalue weighted by Gasteiger charge is 1.99. The van der Waals surface area contributed by atoms with Crippen LogP contribution in [0.25, 0.3) is 10.9 Å². The summed E-state index contributed by atoms with van der Waals surface area (Å²) in [5.41, 5.74) is 8.95. The van der Waals surface area contributed by atoms with Gasteiger partial charge in [-0.1, -0.05) is 30.4 Å². The van der Waals surface area contributed by atoms with Gasteiger partial charge >= 0.3 is 0 Å². The first-order valence-electron chi connectivity index (χ1n) is 5.90. The van der Waals surface area contributed by atoms with E-state index in [0.717, 1.165) is 16.8 Å². The molecule has 0 saturated carbocycles. The van der Waals surface area contributed by atoms with Crippen LogP contribution in [0.1, 0.15) is 12.6 Å². The Kier molecular flexibility index (Phi) is 3.67. The van der Waals surface area contributed by atoms with E-state index in [-0.39, 0.29) is 0 Å². The van der Waals surface area contributed by atoms with Crippen LogP contribution in [-0.4, -0.2) is 17.5 Å². The summed E-state index contributed by atoms with van der Waals surface area (Å²) in [6.07, 6.45) is 0. The molecule has 4 N–H and O–H groups in total. The van der Waals surface area contributed by atoms with Gasteiger partial charge in [-0.05, 0) is 24.4 Å². The number of fused-ring (bicyclic) bond motifs is 1. The monoisotopic (exact) mass is 242 g/mol. The Bertz CT molecular complexity index is 547. The highest BCUT2D eigenvalue weighted by atomic mass is 15.1. The lowest BCUT2D eigenvalue weighted by molar-refractivity contribution is 0.930. The van der Waals surface area contributed by atoms with Crippen LogP contribution in [0.5, 0.6) is 0 Å². The van der Waals surface area contributed by atoms with Crippen LogP contribution >= 0.6 is 0 Å². The molecule has 0 radical (unpaired) electrons. The lowest BCUT2D eigenvalue weighted by Gasteiger charge is -2.03. The molecule has 1 heterocycles. The Labute approximate surface area is 107 Å². The molecule has 0 aliphatic carbocycles. The Hall–Kier alpha value is -2.23. The minimum atomic E-state index is 0.441. The fourth-order valence-electron chi connectivity index (χ4n) is 1.69. The Balaban J connectivity index is 2.00. The molecule has 4 heteroatoms. The van der Waals surface area contributed by atoms with Gasteiger partial charge in [-0.3, -0.25) is 0 Å². The summed E-state index contributed by atoms with van der Waals surface area (Å²) < 4.78 is 0. The van der Waals surface area contributed by atoms with E-state index < -0.39 is 0 Å². The van der Waals surface area contributed by atoms with Crippen LogP contribution in [0.3, 0.4) is 0 Å². The zero-order valence-electron chi connectivity index (χ0n) is 10.5. The van der Waals surface area contributed by atoms with E-state index in [0.29, 0.717) is 19.0 Å². The van der Waals surface area contributed by atoms with Gasteiger partial charge in [0.2, 0.25) is 0 Å². The van der Waals surface area contributed by atoms with Gasteiger partial charge in [-0.25, -0.2) is 4.99 Å². The summed E-state index contributed by atoms with van der Waals surface area (Å²) in [4.78, 5) is 7.58. The second-order valence-electron chi connectivity index (χ2n) is 4.39. The Morgan fingerprint density at radius 2 is 2.22 bits per heavy atom. The first-order chi connectivity index (χ1) is 8.65. The van der Waals surface area contributed by atoms with Gasteiger partial charge in [-0.2, -0.15) is 0 Å². The summed E-state index contributed by atoms with van der Waals surface area (Å²) in [6.45, 7) is 6.94. The van der Waals surface area contributed by atoms with Crippen LogP contribution in [0.15, 0.2) is 47.5 Å². The van der Waals surface area contributed by atoms with Crippen molar-refractivity contribution in [2.75, 3.05) is 6.54 Å². The molecular formula is C14H18N4. The molecule has 1 aromatic carbocycles. The number of para-hydroxylation sites is 1. The van der Waals surface area contributed by atoms with E-state index >= 15 is 0 Å². The second kappa shape index (κ2) is 5.40. The molecule has 2 rings (SSSR count). The number of aliphatic imine (C=N–C) groups is 1. The summed E-state index contributed by atoms with van der Waals surface area (Å²) in [7, 11) is 0. The molecule has 0 aliphatic heterocycles. The molecule has 0 aliphatic rings. The standard InChI is InChI=1S/C14H18N4/c1-10(2)8-16-14(15)17-9-12-7-11-5-3-4-6-13(11)18-12/h3-7,18H,1,8-9H2,2H3,(H3,15,16,17). The molecule has 4 nitrogen and oxygen atoms in total. The number of hydrogen-bond acceptors (Lipinski definition) is 1. The number of nitrogens with two attached hydrogens (primary N) is 1. The van der Waals surface area contributed by atoms with Crippen LogP contribution in [0.4, 0.5) is 0 Å². The number of aromatic nitrogens is 1. The maximum absolute atomic E-state index is 5.75. The highest BCUT2D eigenvalue weighted by molar-refractivity contribution is 5.80. The first-order valence-corrected chi connectivity index (χ1v) is 5.90. The number of nitrogens with one attached hydrogen (secondary N) is 2. The van der Waals surface area contributed by atoms with Crippen molar-refractivity contribution in [2.24, 2.45) is 10.7 Å². The molecule has 94 valence electrons.